The number of carboxylic acid groups (broad SMARTS) is 1. The highest BCUT2D eigenvalue weighted by atomic mass is 35.5. The van der Waals surface area contributed by atoms with Crippen LogP contribution in [0.1, 0.15) is 0 Å². The number of carbonyl (C=O) groups is 1. The van der Waals surface area contributed by atoms with Crippen LogP contribution in [0.5, 0.6) is 0 Å². The fourth-order valence-corrected chi connectivity index (χ4v) is 3.42. The summed E-state index contributed by atoms with van der Waals surface area (Å²) in [6, 6.07) is 4.17. The monoisotopic (exact) mass is 450 g/mol. The van der Waals surface area contributed by atoms with Crippen LogP contribution in [0.3, 0.4) is 0 Å². The van der Waals surface area contributed by atoms with Gasteiger partial charge in [-0.2, -0.15) is 0 Å². The number of carbonyl (C=O) groups excluding carboxylic acids is 1. The third-order valence-corrected chi connectivity index (χ3v) is 5.55. The van der Waals surface area contributed by atoms with Crippen LogP contribution < -0.4 is 10.0 Å². The predicted molar refractivity (Wildman–Crippen MR) is 95.5 cm³/mol. The lowest BCUT2D eigenvalue weighted by atomic mass is 10.2. The van der Waals surface area contributed by atoms with Gasteiger partial charge in [0.05, 0.1) is 41.5 Å². The van der Waals surface area contributed by atoms with E-state index in [4.69, 9.17) is 81.2 Å². The molecule has 0 radical (unpaired) electrons. The van der Waals surface area contributed by atoms with Gasteiger partial charge in [-0.15, -0.1) is 0 Å². The third kappa shape index (κ3) is 3.57. The second-order valence-corrected chi connectivity index (χ2v) is 6.85. The summed E-state index contributed by atoms with van der Waals surface area (Å²) in [6.45, 7) is 0. The van der Waals surface area contributed by atoms with Crippen LogP contribution in [-0.2, 0) is 0 Å². The first-order valence-electron chi connectivity index (χ1n) is 5.64. The Kier molecular flexibility index (Phi) is 6.07. The van der Waals surface area contributed by atoms with Crippen LogP contribution in [0.15, 0.2) is 18.2 Å². The molecule has 0 atom stereocenters. The van der Waals surface area contributed by atoms with Crippen LogP contribution in [0.2, 0.25) is 35.2 Å². The molecule has 1 amide bonds. The Morgan fingerprint density at radius 1 is 0.826 bits per heavy atom. The Morgan fingerprint density at radius 3 is 1.78 bits per heavy atom. The molecule has 23 heavy (non-hydrogen) atoms. The van der Waals surface area contributed by atoms with E-state index in [1.807, 2.05) is 0 Å². The molecular formula is C13H3Cl7NO2-. The van der Waals surface area contributed by atoms with Gasteiger partial charge in [-0.1, -0.05) is 81.2 Å². The first kappa shape index (κ1) is 19.1. The van der Waals surface area contributed by atoms with E-state index in [2.05, 4.69) is 0 Å². The second-order valence-electron chi connectivity index (χ2n) is 4.12. The lowest BCUT2D eigenvalue weighted by Gasteiger charge is -2.29. The Hall–Kier alpha value is -0.260. The van der Waals surface area contributed by atoms with Crippen molar-refractivity contribution in [3.63, 3.8) is 0 Å². The van der Waals surface area contributed by atoms with Crippen molar-refractivity contribution in [2.24, 2.45) is 0 Å². The van der Waals surface area contributed by atoms with E-state index in [-0.39, 0.29) is 46.5 Å². The lowest BCUT2D eigenvalue weighted by molar-refractivity contribution is -0.245. The molecule has 0 aromatic heterocycles. The molecule has 0 bridgehead atoms. The molecule has 3 nitrogen and oxygen atoms in total. The Bertz CT molecular complexity index is 780. The average molecular weight is 453 g/mol. The average Bonchev–Trinajstić information content (AvgIpc) is 2.50. The predicted octanol–water partition coefficient (Wildman–Crippen LogP) is 6.74. The quantitative estimate of drug-likeness (QED) is 0.373. The molecule has 2 aromatic rings. The number of hydrogen-bond acceptors (Lipinski definition) is 2. The van der Waals surface area contributed by atoms with Gasteiger partial charge in [-0.3, -0.25) is 4.90 Å². The maximum absolute atomic E-state index is 11.7. The molecule has 0 N–H and O–H groups in total. The number of amides is 1. The maximum atomic E-state index is 11.7. The van der Waals surface area contributed by atoms with Gasteiger partial charge in [0, 0.05) is 5.02 Å². The van der Waals surface area contributed by atoms with Gasteiger partial charge in [-0.25, -0.2) is 0 Å². The van der Waals surface area contributed by atoms with E-state index in [9.17, 15) is 9.90 Å². The molecule has 0 aliphatic carbocycles. The summed E-state index contributed by atoms with van der Waals surface area (Å²) in [5.41, 5.74) is -0.269. The Morgan fingerprint density at radius 2 is 1.30 bits per heavy atom. The largest absolute Gasteiger partial charge is 0.529 e. The molecule has 0 aliphatic rings. The normalized spacial score (nSPS) is 10.7. The summed E-state index contributed by atoms with van der Waals surface area (Å²) >= 11 is 41.9. The number of hydrogen-bond donors (Lipinski definition) is 0. The smallest absolute Gasteiger partial charge is 0.146 e. The van der Waals surface area contributed by atoms with Crippen molar-refractivity contribution in [3.05, 3.63) is 53.4 Å². The highest BCUT2D eigenvalue weighted by molar-refractivity contribution is 6.57. The summed E-state index contributed by atoms with van der Waals surface area (Å²) in [7, 11) is 0. The second kappa shape index (κ2) is 7.32. The highest BCUT2D eigenvalue weighted by Gasteiger charge is 2.26. The van der Waals surface area contributed by atoms with E-state index in [1.165, 1.54) is 18.2 Å². The van der Waals surface area contributed by atoms with E-state index in [0.29, 0.717) is 4.90 Å². The van der Waals surface area contributed by atoms with Gasteiger partial charge in [0.25, 0.3) is 0 Å². The zero-order valence-corrected chi connectivity index (χ0v) is 15.9. The number of nitrogens with zero attached hydrogens (tertiary/aromatic N) is 1. The van der Waals surface area contributed by atoms with Crippen molar-refractivity contribution in [3.8, 4) is 0 Å². The summed E-state index contributed by atoms with van der Waals surface area (Å²) in [4.78, 5) is 12.3. The van der Waals surface area contributed by atoms with Gasteiger partial charge >= 0.3 is 0 Å². The molecule has 0 aliphatic heterocycles. The zero-order chi connectivity index (χ0) is 17.5. The van der Waals surface area contributed by atoms with Crippen molar-refractivity contribution >= 4 is 98.7 Å². The number of anilines is 2. The van der Waals surface area contributed by atoms with Crippen molar-refractivity contribution in [2.75, 3.05) is 4.90 Å². The van der Waals surface area contributed by atoms with Gasteiger partial charge in [0.15, 0.2) is 0 Å². The van der Waals surface area contributed by atoms with Gasteiger partial charge in [0.2, 0.25) is 0 Å². The van der Waals surface area contributed by atoms with Crippen molar-refractivity contribution in [2.45, 2.75) is 0 Å². The first-order chi connectivity index (χ1) is 10.7. The third-order valence-electron chi connectivity index (χ3n) is 2.74. The molecule has 10 heteroatoms. The topological polar surface area (TPSA) is 43.4 Å². The molecule has 0 unspecified atom stereocenters. The minimum Gasteiger partial charge on any atom is -0.529 e. The SMILES string of the molecule is O=C([O-])N(c1cc(Cl)ccc1Cl)c1c(Cl)c(Cl)c(Cl)c(Cl)c1Cl. The number of halogens is 7. The van der Waals surface area contributed by atoms with Gasteiger partial charge in [0.1, 0.15) is 6.09 Å². The van der Waals surface area contributed by atoms with Crippen LogP contribution in [-0.4, -0.2) is 6.09 Å². The van der Waals surface area contributed by atoms with Crippen molar-refractivity contribution in [1.82, 2.24) is 0 Å². The minimum atomic E-state index is -1.67. The highest BCUT2D eigenvalue weighted by Crippen LogP contribution is 2.50. The molecule has 0 saturated heterocycles. The Balaban J connectivity index is 2.84. The lowest BCUT2D eigenvalue weighted by Crippen LogP contribution is -2.38. The van der Waals surface area contributed by atoms with E-state index < -0.39 is 6.09 Å². The zero-order valence-electron chi connectivity index (χ0n) is 10.6. The molecular weight excluding hydrogens is 450 g/mol. The molecule has 0 saturated carbocycles. The molecule has 0 heterocycles. The number of rotatable bonds is 2. The maximum Gasteiger partial charge on any atom is 0.146 e. The van der Waals surface area contributed by atoms with Crippen LogP contribution in [0.25, 0.3) is 0 Å². The van der Waals surface area contributed by atoms with Crippen molar-refractivity contribution < 1.29 is 9.90 Å². The molecule has 0 fully saturated rings. The van der Waals surface area contributed by atoms with Crippen LogP contribution >= 0.6 is 81.2 Å². The molecule has 0 spiro atoms. The molecule has 2 rings (SSSR count). The van der Waals surface area contributed by atoms with E-state index in [0.717, 1.165) is 0 Å². The summed E-state index contributed by atoms with van der Waals surface area (Å²) < 4.78 is 0. The van der Waals surface area contributed by atoms with Gasteiger partial charge < -0.3 is 9.90 Å². The Labute approximate surface area is 166 Å². The van der Waals surface area contributed by atoms with E-state index >= 15 is 0 Å². The number of benzene rings is 2. The van der Waals surface area contributed by atoms with Gasteiger partial charge in [-0.05, 0) is 18.2 Å². The fraction of sp³-hybridized carbons (Fsp3) is 0. The first-order valence-corrected chi connectivity index (χ1v) is 8.29. The van der Waals surface area contributed by atoms with E-state index in [1.54, 1.807) is 0 Å². The summed E-state index contributed by atoms with van der Waals surface area (Å²) in [5.74, 6) is 0. The minimum absolute atomic E-state index is 0.0302. The van der Waals surface area contributed by atoms with Crippen LogP contribution in [0, 0.1) is 0 Å². The molecule has 2 aromatic carbocycles. The fourth-order valence-electron chi connectivity index (χ4n) is 1.76. The van der Waals surface area contributed by atoms with Crippen LogP contribution in [0.4, 0.5) is 16.2 Å². The summed E-state index contributed by atoms with van der Waals surface area (Å²) in [6.07, 6.45) is -1.67. The van der Waals surface area contributed by atoms with Crippen molar-refractivity contribution in [1.29, 1.82) is 0 Å². The standard InChI is InChI=1S/C13H4Cl7NO2/c14-4-1-2-5(15)6(3-4)21(13(22)23)12-10(19)8(17)7(16)9(18)11(12)20/h1-3H,(H,22,23)/p-1. The summed E-state index contributed by atoms with van der Waals surface area (Å²) in [5, 5.41) is 11.0. The molecule has 122 valence electrons.